The lowest BCUT2D eigenvalue weighted by atomic mass is 9.82. The van der Waals surface area contributed by atoms with Crippen LogP contribution in [0.25, 0.3) is 0 Å². The van der Waals surface area contributed by atoms with Gasteiger partial charge in [0.2, 0.25) is 0 Å². The molecule has 1 atom stereocenters. The first-order valence-corrected chi connectivity index (χ1v) is 5.93. The molecule has 0 radical (unpaired) electrons. The molecule has 1 N–H and O–H groups in total. The maximum atomic E-state index is 8.95. The lowest BCUT2D eigenvalue weighted by Crippen LogP contribution is -2.45. The highest BCUT2D eigenvalue weighted by Crippen LogP contribution is 2.29. The number of piperidine rings is 1. The Morgan fingerprint density at radius 3 is 2.47 bits per heavy atom. The number of rotatable bonds is 4. The van der Waals surface area contributed by atoms with E-state index in [-0.39, 0.29) is 6.04 Å². The van der Waals surface area contributed by atoms with E-state index < -0.39 is 0 Å². The number of nitrogens with one attached hydrogen (secondary N) is 1. The highest BCUT2D eigenvalue weighted by atomic mass is 15.2. The highest BCUT2D eigenvalue weighted by Gasteiger charge is 2.26. The molecule has 1 fully saturated rings. The second-order valence-electron chi connectivity index (χ2n) is 5.20. The third-order valence-electron chi connectivity index (χ3n) is 3.26. The van der Waals surface area contributed by atoms with E-state index in [4.69, 9.17) is 5.26 Å². The number of nitrogens with zero attached hydrogens (tertiary/aromatic N) is 2. The molecule has 1 aliphatic heterocycles. The quantitative estimate of drug-likeness (QED) is 0.764. The smallest absolute Gasteiger partial charge is 0.108 e. The minimum Gasteiger partial charge on any atom is -0.301 e. The minimum absolute atomic E-state index is 0.00351. The molecule has 1 heterocycles. The molecule has 0 amide bonds. The lowest BCUT2D eigenvalue weighted by Gasteiger charge is -2.37. The third-order valence-corrected chi connectivity index (χ3v) is 3.26. The van der Waals surface area contributed by atoms with Crippen LogP contribution in [0.4, 0.5) is 0 Å². The summed E-state index contributed by atoms with van der Waals surface area (Å²) in [5, 5.41) is 12.1. The van der Waals surface area contributed by atoms with E-state index in [1.165, 1.54) is 12.8 Å². The van der Waals surface area contributed by atoms with Crippen molar-refractivity contribution >= 4 is 0 Å². The first-order valence-electron chi connectivity index (χ1n) is 5.93. The predicted molar refractivity (Wildman–Crippen MR) is 62.5 cm³/mol. The molecule has 0 aromatic rings. The summed E-state index contributed by atoms with van der Waals surface area (Å²) in [5.74, 6) is 0. The van der Waals surface area contributed by atoms with Gasteiger partial charge >= 0.3 is 0 Å². The topological polar surface area (TPSA) is 39.1 Å². The molecule has 15 heavy (non-hydrogen) atoms. The standard InChI is InChI=1S/C12H23N3/c1-4-14-11(9-13)10-15-7-5-12(2,3)6-8-15/h11,14H,4-8,10H2,1-3H3. The summed E-state index contributed by atoms with van der Waals surface area (Å²) in [6.07, 6.45) is 2.49. The Hall–Kier alpha value is -0.590. The van der Waals surface area contributed by atoms with E-state index in [0.29, 0.717) is 5.41 Å². The summed E-state index contributed by atoms with van der Waals surface area (Å²) < 4.78 is 0. The molecule has 1 saturated heterocycles. The maximum absolute atomic E-state index is 8.95. The number of likely N-dealkylation sites (N-methyl/N-ethyl adjacent to an activating group) is 1. The van der Waals surface area contributed by atoms with Crippen LogP contribution in [0, 0.1) is 16.7 Å². The zero-order chi connectivity index (χ0) is 11.3. The van der Waals surface area contributed by atoms with E-state index >= 15 is 0 Å². The van der Waals surface area contributed by atoms with Gasteiger partial charge in [-0.1, -0.05) is 20.8 Å². The number of nitriles is 1. The summed E-state index contributed by atoms with van der Waals surface area (Å²) >= 11 is 0. The van der Waals surface area contributed by atoms with Crippen LogP contribution in [0.1, 0.15) is 33.6 Å². The van der Waals surface area contributed by atoms with Gasteiger partial charge in [-0.05, 0) is 37.9 Å². The Morgan fingerprint density at radius 1 is 1.40 bits per heavy atom. The largest absolute Gasteiger partial charge is 0.301 e. The molecule has 86 valence electrons. The zero-order valence-electron chi connectivity index (χ0n) is 10.2. The number of hydrogen-bond donors (Lipinski definition) is 1. The van der Waals surface area contributed by atoms with Gasteiger partial charge in [0.1, 0.15) is 6.04 Å². The molecule has 1 aliphatic rings. The molecule has 0 saturated carbocycles. The summed E-state index contributed by atoms with van der Waals surface area (Å²) in [4.78, 5) is 2.40. The third kappa shape index (κ3) is 4.19. The summed E-state index contributed by atoms with van der Waals surface area (Å²) in [6.45, 7) is 10.7. The van der Waals surface area contributed by atoms with Crippen molar-refractivity contribution in [3.8, 4) is 6.07 Å². The normalized spacial score (nSPS) is 23.3. The van der Waals surface area contributed by atoms with Crippen LogP contribution < -0.4 is 5.32 Å². The first-order chi connectivity index (χ1) is 7.07. The molecule has 3 heteroatoms. The predicted octanol–water partition coefficient (Wildman–Crippen LogP) is 1.61. The molecule has 0 spiro atoms. The second-order valence-corrected chi connectivity index (χ2v) is 5.20. The van der Waals surface area contributed by atoms with E-state index in [1.54, 1.807) is 0 Å². The van der Waals surface area contributed by atoms with Crippen LogP contribution in [-0.4, -0.2) is 37.1 Å². The van der Waals surface area contributed by atoms with Gasteiger partial charge in [0.15, 0.2) is 0 Å². The Kier molecular flexibility index (Phi) is 4.56. The lowest BCUT2D eigenvalue weighted by molar-refractivity contribution is 0.128. The van der Waals surface area contributed by atoms with Crippen LogP contribution in [0.2, 0.25) is 0 Å². The fourth-order valence-electron chi connectivity index (χ4n) is 2.00. The Balaban J connectivity index is 2.32. The Bertz CT molecular complexity index is 220. The van der Waals surface area contributed by atoms with Gasteiger partial charge in [0.25, 0.3) is 0 Å². The van der Waals surface area contributed by atoms with Gasteiger partial charge in [-0.25, -0.2) is 0 Å². The highest BCUT2D eigenvalue weighted by molar-refractivity contribution is 4.93. The molecule has 3 nitrogen and oxygen atoms in total. The summed E-state index contributed by atoms with van der Waals surface area (Å²) in [7, 11) is 0. The van der Waals surface area contributed by atoms with Gasteiger partial charge in [0, 0.05) is 6.54 Å². The van der Waals surface area contributed by atoms with Crippen molar-refractivity contribution in [2.75, 3.05) is 26.2 Å². The molecular formula is C12H23N3. The van der Waals surface area contributed by atoms with Crippen molar-refractivity contribution in [1.29, 1.82) is 5.26 Å². The second kappa shape index (κ2) is 5.48. The summed E-state index contributed by atoms with van der Waals surface area (Å²) in [6, 6.07) is 2.31. The van der Waals surface area contributed by atoms with Crippen molar-refractivity contribution in [3.05, 3.63) is 0 Å². The Morgan fingerprint density at radius 2 is 2.00 bits per heavy atom. The molecule has 1 unspecified atom stereocenters. The van der Waals surface area contributed by atoms with Gasteiger partial charge in [0.05, 0.1) is 6.07 Å². The Labute approximate surface area is 93.5 Å². The summed E-state index contributed by atoms with van der Waals surface area (Å²) in [5.41, 5.74) is 0.497. The molecule has 0 aromatic heterocycles. The fourth-order valence-corrected chi connectivity index (χ4v) is 2.00. The monoisotopic (exact) mass is 209 g/mol. The van der Waals surface area contributed by atoms with Crippen LogP contribution >= 0.6 is 0 Å². The van der Waals surface area contributed by atoms with E-state index in [2.05, 4.69) is 30.1 Å². The molecule has 0 bridgehead atoms. The average Bonchev–Trinajstić information content (AvgIpc) is 2.20. The van der Waals surface area contributed by atoms with Crippen LogP contribution in [0.15, 0.2) is 0 Å². The molecule has 1 rings (SSSR count). The van der Waals surface area contributed by atoms with Crippen LogP contribution in [0.3, 0.4) is 0 Å². The molecule has 0 aromatic carbocycles. The number of hydrogen-bond acceptors (Lipinski definition) is 3. The van der Waals surface area contributed by atoms with Crippen molar-refractivity contribution < 1.29 is 0 Å². The molecular weight excluding hydrogens is 186 g/mol. The first kappa shape index (κ1) is 12.5. The van der Waals surface area contributed by atoms with Gasteiger partial charge in [-0.2, -0.15) is 5.26 Å². The van der Waals surface area contributed by atoms with Crippen LogP contribution in [0.5, 0.6) is 0 Å². The van der Waals surface area contributed by atoms with E-state index in [0.717, 1.165) is 26.2 Å². The number of likely N-dealkylation sites (tertiary alicyclic amines) is 1. The minimum atomic E-state index is -0.00351. The van der Waals surface area contributed by atoms with Crippen molar-refractivity contribution in [2.45, 2.75) is 39.7 Å². The van der Waals surface area contributed by atoms with Gasteiger partial charge in [-0.3, -0.25) is 0 Å². The van der Waals surface area contributed by atoms with E-state index in [9.17, 15) is 0 Å². The maximum Gasteiger partial charge on any atom is 0.108 e. The van der Waals surface area contributed by atoms with Gasteiger partial charge in [-0.15, -0.1) is 0 Å². The van der Waals surface area contributed by atoms with Crippen LogP contribution in [-0.2, 0) is 0 Å². The zero-order valence-corrected chi connectivity index (χ0v) is 10.2. The SMILES string of the molecule is CCNC(C#N)CN1CCC(C)(C)CC1. The fraction of sp³-hybridized carbons (Fsp3) is 0.917. The van der Waals surface area contributed by atoms with Crippen molar-refractivity contribution in [1.82, 2.24) is 10.2 Å². The van der Waals surface area contributed by atoms with Crippen molar-refractivity contribution in [2.24, 2.45) is 5.41 Å². The molecule has 0 aliphatic carbocycles. The van der Waals surface area contributed by atoms with E-state index in [1.807, 2.05) is 6.92 Å². The average molecular weight is 209 g/mol. The van der Waals surface area contributed by atoms with Crippen molar-refractivity contribution in [3.63, 3.8) is 0 Å². The van der Waals surface area contributed by atoms with Gasteiger partial charge < -0.3 is 10.2 Å².